The second-order valence-corrected chi connectivity index (χ2v) is 7.39. The van der Waals surface area contributed by atoms with Crippen LogP contribution in [0.25, 0.3) is 10.2 Å². The number of fused-ring (bicyclic) bond motifs is 3. The molecule has 3 N–H and O–H groups in total. The minimum absolute atomic E-state index is 0.0188. The van der Waals surface area contributed by atoms with E-state index in [0.29, 0.717) is 16.1 Å². The van der Waals surface area contributed by atoms with Crippen molar-refractivity contribution in [2.75, 3.05) is 5.73 Å². The first-order chi connectivity index (χ1) is 11.7. The normalized spacial score (nSPS) is 13.9. The van der Waals surface area contributed by atoms with Crippen LogP contribution in [0, 0.1) is 0 Å². The van der Waals surface area contributed by atoms with Crippen LogP contribution in [0.2, 0.25) is 0 Å². The Morgan fingerprint density at radius 2 is 1.88 bits per heavy atom. The Balaban J connectivity index is 1.93. The van der Waals surface area contributed by atoms with E-state index in [2.05, 4.69) is 11.9 Å². The molecular weight excluding hydrogens is 316 g/mol. The molecule has 0 saturated carbocycles. The van der Waals surface area contributed by atoms with E-state index in [1.165, 1.54) is 41.0 Å². The average Bonchev–Trinajstić information content (AvgIpc) is 2.98. The number of aromatic nitrogens is 1. The summed E-state index contributed by atoms with van der Waals surface area (Å²) in [6, 6.07) is 9.40. The van der Waals surface area contributed by atoms with Gasteiger partial charge >= 0.3 is 0 Å². The molecule has 0 unspecified atom stereocenters. The Bertz CT molecular complexity index is 928. The van der Waals surface area contributed by atoms with Crippen LogP contribution in [-0.4, -0.2) is 5.78 Å². The lowest BCUT2D eigenvalue weighted by Crippen LogP contribution is -2.19. The molecule has 0 atom stereocenters. The number of benzene rings is 1. The van der Waals surface area contributed by atoms with Gasteiger partial charge in [0, 0.05) is 17.5 Å². The summed E-state index contributed by atoms with van der Waals surface area (Å²) in [5.41, 5.74) is 11.9. The lowest BCUT2D eigenvalue weighted by molar-refractivity contribution is -0.355. The Kier molecular flexibility index (Phi) is 3.85. The lowest BCUT2D eigenvalue weighted by atomic mass is 9.88. The van der Waals surface area contributed by atoms with Crippen LogP contribution in [0.1, 0.15) is 51.8 Å². The summed E-state index contributed by atoms with van der Waals surface area (Å²) in [5, 5.41) is 1.09. The summed E-state index contributed by atoms with van der Waals surface area (Å²) >= 11 is 1.50. The van der Waals surface area contributed by atoms with Crippen molar-refractivity contribution in [3.63, 3.8) is 0 Å². The van der Waals surface area contributed by atoms with Crippen LogP contribution in [0.5, 0.6) is 0 Å². The van der Waals surface area contributed by atoms with Gasteiger partial charge in [-0.3, -0.25) is 4.79 Å². The molecule has 122 valence electrons. The van der Waals surface area contributed by atoms with E-state index in [-0.39, 0.29) is 5.78 Å². The van der Waals surface area contributed by atoms with Gasteiger partial charge in [-0.2, -0.15) is 4.98 Å². The van der Waals surface area contributed by atoms with Crippen molar-refractivity contribution in [2.45, 2.75) is 39.0 Å². The molecule has 3 aromatic rings. The van der Waals surface area contributed by atoms with E-state index in [1.54, 1.807) is 0 Å². The number of carbonyl (C=O) groups is 1. The van der Waals surface area contributed by atoms with Gasteiger partial charge in [0.25, 0.3) is 4.83 Å². The van der Waals surface area contributed by atoms with Crippen LogP contribution in [0.15, 0.2) is 30.3 Å². The highest BCUT2D eigenvalue weighted by atomic mass is 32.1. The highest BCUT2D eigenvalue weighted by molar-refractivity contribution is 7.21. The molecule has 1 aliphatic rings. The third kappa shape index (κ3) is 2.33. The monoisotopic (exact) mass is 337 g/mol. The van der Waals surface area contributed by atoms with Gasteiger partial charge in [-0.15, -0.1) is 0 Å². The van der Waals surface area contributed by atoms with Crippen LogP contribution >= 0.6 is 11.3 Å². The van der Waals surface area contributed by atoms with Crippen molar-refractivity contribution in [1.82, 2.24) is 0 Å². The highest BCUT2D eigenvalue weighted by Gasteiger charge is 2.28. The summed E-state index contributed by atoms with van der Waals surface area (Å²) < 4.78 is 0. The van der Waals surface area contributed by atoms with Gasteiger partial charge in [-0.05, 0) is 31.2 Å². The number of rotatable bonds is 3. The number of aryl methyl sites for hydroxylation is 2. The topological polar surface area (TPSA) is 57.2 Å². The summed E-state index contributed by atoms with van der Waals surface area (Å²) in [7, 11) is 0. The van der Waals surface area contributed by atoms with Gasteiger partial charge in [-0.25, -0.2) is 0 Å². The smallest absolute Gasteiger partial charge is 0.270 e. The SMILES string of the molecule is CCc1[nH+]c2sc(C(=O)c3ccccc3)c(N)c2c2c1CCCC2. The van der Waals surface area contributed by atoms with Gasteiger partial charge in [0.15, 0.2) is 5.69 Å². The van der Waals surface area contributed by atoms with E-state index in [9.17, 15) is 4.79 Å². The minimum Gasteiger partial charge on any atom is -0.397 e. The molecule has 0 aliphatic heterocycles. The van der Waals surface area contributed by atoms with E-state index < -0.39 is 0 Å². The Hall–Kier alpha value is -2.20. The van der Waals surface area contributed by atoms with Gasteiger partial charge in [0.2, 0.25) is 5.78 Å². The highest BCUT2D eigenvalue weighted by Crippen LogP contribution is 2.39. The average molecular weight is 337 g/mol. The van der Waals surface area contributed by atoms with Gasteiger partial charge in [0.1, 0.15) is 4.88 Å². The van der Waals surface area contributed by atoms with Gasteiger partial charge in [-0.1, -0.05) is 48.6 Å². The van der Waals surface area contributed by atoms with Crippen LogP contribution < -0.4 is 10.7 Å². The molecule has 24 heavy (non-hydrogen) atoms. The van der Waals surface area contributed by atoms with Crippen LogP contribution in [0.4, 0.5) is 5.69 Å². The van der Waals surface area contributed by atoms with E-state index in [4.69, 9.17) is 5.73 Å². The predicted molar refractivity (Wildman–Crippen MR) is 98.7 cm³/mol. The number of anilines is 1. The molecule has 2 aromatic heterocycles. The van der Waals surface area contributed by atoms with Crippen LogP contribution in [-0.2, 0) is 19.3 Å². The number of H-pyrrole nitrogens is 1. The number of nitrogens with two attached hydrogens (primary N) is 1. The zero-order chi connectivity index (χ0) is 16.7. The van der Waals surface area contributed by atoms with Crippen molar-refractivity contribution < 1.29 is 9.78 Å². The first-order valence-corrected chi connectivity index (χ1v) is 9.40. The van der Waals surface area contributed by atoms with E-state index in [1.807, 2.05) is 30.3 Å². The molecule has 0 fully saturated rings. The molecule has 0 bridgehead atoms. The quantitative estimate of drug-likeness (QED) is 0.735. The first kappa shape index (κ1) is 15.3. The van der Waals surface area contributed by atoms with Gasteiger partial charge < -0.3 is 5.73 Å². The number of thiophene rings is 1. The summed E-state index contributed by atoms with van der Waals surface area (Å²) in [6.07, 6.45) is 5.60. The summed E-state index contributed by atoms with van der Waals surface area (Å²) in [5.74, 6) is 0.0188. The number of nitrogen functional groups attached to an aromatic ring is 1. The predicted octanol–water partition coefficient (Wildman–Crippen LogP) is 3.97. The van der Waals surface area contributed by atoms with E-state index in [0.717, 1.165) is 29.5 Å². The minimum atomic E-state index is 0.0188. The molecule has 0 radical (unpaired) electrons. The third-order valence-corrected chi connectivity index (χ3v) is 6.06. The summed E-state index contributed by atoms with van der Waals surface area (Å²) in [4.78, 5) is 18.1. The number of hydrogen-bond acceptors (Lipinski definition) is 3. The Labute approximate surface area is 145 Å². The fourth-order valence-electron chi connectivity index (χ4n) is 3.75. The van der Waals surface area contributed by atoms with Gasteiger partial charge in [0.05, 0.1) is 11.1 Å². The Morgan fingerprint density at radius 3 is 2.58 bits per heavy atom. The Morgan fingerprint density at radius 1 is 1.17 bits per heavy atom. The second-order valence-electron chi connectivity index (χ2n) is 6.37. The van der Waals surface area contributed by atoms with Crippen LogP contribution in [0.3, 0.4) is 0 Å². The maximum absolute atomic E-state index is 12.9. The zero-order valence-electron chi connectivity index (χ0n) is 13.8. The number of pyridine rings is 1. The molecule has 3 nitrogen and oxygen atoms in total. The number of hydrogen-bond donors (Lipinski definition) is 1. The fourth-order valence-corrected chi connectivity index (χ4v) is 4.89. The number of nitrogens with one attached hydrogen (secondary N) is 1. The largest absolute Gasteiger partial charge is 0.397 e. The molecule has 0 amide bonds. The maximum atomic E-state index is 12.9. The molecule has 4 rings (SSSR count). The lowest BCUT2D eigenvalue weighted by Gasteiger charge is -2.16. The van der Waals surface area contributed by atoms with E-state index >= 15 is 0 Å². The molecular formula is C20H21N2OS+. The fraction of sp³-hybridized carbons (Fsp3) is 0.300. The molecule has 1 aliphatic carbocycles. The molecule has 2 heterocycles. The van der Waals surface area contributed by atoms with Crippen molar-refractivity contribution in [3.05, 3.63) is 57.6 Å². The molecule has 4 heteroatoms. The number of carbonyl (C=O) groups excluding carboxylic acids is 1. The third-order valence-electron chi connectivity index (χ3n) is 4.94. The standard InChI is InChI=1S/C20H20N2OS/c1-2-15-13-10-6-7-11-14(13)16-17(21)19(24-20(16)22-15)18(23)12-8-4-3-5-9-12/h3-5,8-9H,2,6-7,10-11,21H2,1H3/p+1. The molecule has 0 saturated heterocycles. The first-order valence-electron chi connectivity index (χ1n) is 8.58. The second kappa shape index (κ2) is 6.02. The van der Waals surface area contributed by atoms with Crippen molar-refractivity contribution in [3.8, 4) is 0 Å². The van der Waals surface area contributed by atoms with Crippen molar-refractivity contribution in [1.29, 1.82) is 0 Å². The summed E-state index contributed by atoms with van der Waals surface area (Å²) in [6.45, 7) is 2.18. The molecule has 0 spiro atoms. The molecule has 1 aromatic carbocycles. The van der Waals surface area contributed by atoms with Crippen molar-refractivity contribution >= 4 is 33.0 Å². The zero-order valence-corrected chi connectivity index (χ0v) is 14.6. The number of aromatic amines is 1. The van der Waals surface area contributed by atoms with Crippen molar-refractivity contribution in [2.24, 2.45) is 0 Å². The maximum Gasteiger partial charge on any atom is 0.270 e. The number of ketones is 1.